The number of hydrogen-bond donors (Lipinski definition) is 0. The van der Waals surface area contributed by atoms with Crippen LogP contribution in [0.4, 0.5) is 0 Å². The molecule has 1 aliphatic rings. The number of amides is 1. The standard InChI is InChI=1S/C14H20N2O4S/c1-10(2)20-12-5-4-6-15-13(12)14(17)16-7-8-21(18,19)11(3)9-16/h4-6,10-11H,7-9H2,1-3H3. The number of carbonyl (C=O) groups is 1. The fourth-order valence-corrected chi connectivity index (χ4v) is 3.47. The van der Waals surface area contributed by atoms with E-state index in [9.17, 15) is 13.2 Å². The summed E-state index contributed by atoms with van der Waals surface area (Å²) in [6.45, 7) is 5.76. The van der Waals surface area contributed by atoms with E-state index in [0.29, 0.717) is 5.75 Å². The van der Waals surface area contributed by atoms with Crippen molar-refractivity contribution in [1.82, 2.24) is 9.88 Å². The summed E-state index contributed by atoms with van der Waals surface area (Å²) in [5.41, 5.74) is 0.234. The molecule has 116 valence electrons. The molecule has 1 amide bonds. The molecule has 0 aliphatic carbocycles. The summed E-state index contributed by atoms with van der Waals surface area (Å²) in [5, 5.41) is -0.548. The smallest absolute Gasteiger partial charge is 0.276 e. The highest BCUT2D eigenvalue weighted by atomic mass is 32.2. The molecular weight excluding hydrogens is 292 g/mol. The minimum atomic E-state index is -3.08. The van der Waals surface area contributed by atoms with Gasteiger partial charge in [0.05, 0.1) is 17.1 Å². The zero-order chi connectivity index (χ0) is 15.6. The van der Waals surface area contributed by atoms with Crippen LogP contribution in [0.1, 0.15) is 31.3 Å². The topological polar surface area (TPSA) is 76.6 Å². The normalized spacial score (nSPS) is 21.3. The predicted octanol–water partition coefficient (Wildman–Crippen LogP) is 1.13. The van der Waals surface area contributed by atoms with Crippen LogP contribution in [0.5, 0.6) is 5.75 Å². The van der Waals surface area contributed by atoms with Gasteiger partial charge in [0, 0.05) is 19.3 Å². The van der Waals surface area contributed by atoms with Crippen LogP contribution in [-0.4, -0.2) is 54.4 Å². The van der Waals surface area contributed by atoms with E-state index in [1.807, 2.05) is 13.8 Å². The van der Waals surface area contributed by atoms with Crippen LogP contribution >= 0.6 is 0 Å². The van der Waals surface area contributed by atoms with Gasteiger partial charge in [-0.3, -0.25) is 4.79 Å². The lowest BCUT2D eigenvalue weighted by atomic mass is 10.2. The minimum absolute atomic E-state index is 0.00683. The third kappa shape index (κ3) is 3.53. The summed E-state index contributed by atoms with van der Waals surface area (Å²) in [7, 11) is -3.08. The first kappa shape index (κ1) is 15.8. The summed E-state index contributed by atoms with van der Waals surface area (Å²) in [6, 6.07) is 3.40. The molecule has 1 saturated heterocycles. The van der Waals surface area contributed by atoms with Crippen LogP contribution in [0.2, 0.25) is 0 Å². The van der Waals surface area contributed by atoms with E-state index in [1.165, 1.54) is 11.1 Å². The molecule has 1 unspecified atom stereocenters. The van der Waals surface area contributed by atoms with Crippen molar-refractivity contribution >= 4 is 15.7 Å². The molecule has 2 rings (SSSR count). The average molecular weight is 312 g/mol. The number of pyridine rings is 1. The lowest BCUT2D eigenvalue weighted by Gasteiger charge is -2.31. The van der Waals surface area contributed by atoms with Crippen molar-refractivity contribution in [2.45, 2.75) is 32.1 Å². The van der Waals surface area contributed by atoms with Crippen molar-refractivity contribution < 1.29 is 17.9 Å². The lowest BCUT2D eigenvalue weighted by molar-refractivity contribution is 0.0747. The number of carbonyl (C=O) groups excluding carboxylic acids is 1. The maximum atomic E-state index is 12.5. The third-order valence-corrected chi connectivity index (χ3v) is 5.49. The van der Waals surface area contributed by atoms with Crippen LogP contribution < -0.4 is 4.74 Å². The largest absolute Gasteiger partial charge is 0.489 e. The number of nitrogens with zero attached hydrogens (tertiary/aromatic N) is 2. The van der Waals surface area contributed by atoms with Crippen LogP contribution in [0.3, 0.4) is 0 Å². The van der Waals surface area contributed by atoms with E-state index >= 15 is 0 Å². The Kier molecular flexibility index (Phi) is 4.51. The summed E-state index contributed by atoms with van der Waals surface area (Å²) in [6.07, 6.45) is 1.46. The van der Waals surface area contributed by atoms with E-state index in [1.54, 1.807) is 19.1 Å². The summed E-state index contributed by atoms with van der Waals surface area (Å²) in [4.78, 5) is 18.2. The minimum Gasteiger partial charge on any atom is -0.489 e. The molecule has 6 nitrogen and oxygen atoms in total. The monoisotopic (exact) mass is 312 g/mol. The lowest BCUT2D eigenvalue weighted by Crippen LogP contribution is -2.48. The highest BCUT2D eigenvalue weighted by molar-refractivity contribution is 7.92. The maximum absolute atomic E-state index is 12.5. The molecule has 0 radical (unpaired) electrons. The number of rotatable bonds is 3. The Labute approximate surface area is 125 Å². The van der Waals surface area contributed by atoms with Crippen LogP contribution in [-0.2, 0) is 9.84 Å². The van der Waals surface area contributed by atoms with Crippen molar-refractivity contribution in [3.63, 3.8) is 0 Å². The SMILES string of the molecule is CC(C)Oc1cccnc1C(=O)N1CCS(=O)(=O)C(C)C1. The van der Waals surface area contributed by atoms with Gasteiger partial charge in [-0.15, -0.1) is 0 Å². The Morgan fingerprint density at radius 3 is 2.81 bits per heavy atom. The van der Waals surface area contributed by atoms with Crippen molar-refractivity contribution in [1.29, 1.82) is 0 Å². The van der Waals surface area contributed by atoms with E-state index in [2.05, 4.69) is 4.98 Å². The molecule has 0 N–H and O–H groups in total. The molecule has 2 heterocycles. The second-order valence-corrected chi connectivity index (χ2v) is 7.98. The summed E-state index contributed by atoms with van der Waals surface area (Å²) >= 11 is 0. The first-order chi connectivity index (χ1) is 9.81. The Morgan fingerprint density at radius 1 is 1.48 bits per heavy atom. The van der Waals surface area contributed by atoms with Crippen molar-refractivity contribution in [2.24, 2.45) is 0 Å². The van der Waals surface area contributed by atoms with Crippen molar-refractivity contribution in [3.8, 4) is 5.75 Å². The fraction of sp³-hybridized carbons (Fsp3) is 0.571. The zero-order valence-electron chi connectivity index (χ0n) is 12.4. The number of ether oxygens (including phenoxy) is 1. The first-order valence-corrected chi connectivity index (χ1v) is 8.65. The van der Waals surface area contributed by atoms with E-state index < -0.39 is 15.1 Å². The molecule has 0 bridgehead atoms. The number of sulfone groups is 1. The molecule has 0 aromatic carbocycles. The predicted molar refractivity (Wildman–Crippen MR) is 79.2 cm³/mol. The molecule has 0 saturated carbocycles. The molecule has 7 heteroatoms. The van der Waals surface area contributed by atoms with Gasteiger partial charge in [0.25, 0.3) is 5.91 Å². The van der Waals surface area contributed by atoms with E-state index in [0.717, 1.165) is 0 Å². The summed E-state index contributed by atoms with van der Waals surface area (Å²) < 4.78 is 29.0. The molecule has 1 aromatic heterocycles. The summed E-state index contributed by atoms with van der Waals surface area (Å²) in [5.74, 6) is 0.138. The molecule has 1 atom stereocenters. The van der Waals surface area contributed by atoms with Crippen LogP contribution in [0.25, 0.3) is 0 Å². The van der Waals surface area contributed by atoms with Gasteiger partial charge in [-0.25, -0.2) is 13.4 Å². The van der Waals surface area contributed by atoms with Gasteiger partial charge in [-0.2, -0.15) is 0 Å². The Morgan fingerprint density at radius 2 is 2.19 bits per heavy atom. The molecule has 21 heavy (non-hydrogen) atoms. The van der Waals surface area contributed by atoms with Gasteiger partial charge >= 0.3 is 0 Å². The van der Waals surface area contributed by atoms with Crippen LogP contribution in [0, 0.1) is 0 Å². The molecule has 1 aromatic rings. The Bertz CT molecular complexity index is 628. The highest BCUT2D eigenvalue weighted by Crippen LogP contribution is 2.21. The van der Waals surface area contributed by atoms with Crippen molar-refractivity contribution in [3.05, 3.63) is 24.0 Å². The van der Waals surface area contributed by atoms with E-state index in [4.69, 9.17) is 4.74 Å². The molecule has 0 spiro atoms. The first-order valence-electron chi connectivity index (χ1n) is 6.94. The van der Waals surface area contributed by atoms with Gasteiger partial charge in [0.1, 0.15) is 0 Å². The van der Waals surface area contributed by atoms with Crippen LogP contribution in [0.15, 0.2) is 18.3 Å². The van der Waals surface area contributed by atoms with E-state index in [-0.39, 0.29) is 36.5 Å². The number of aromatic nitrogens is 1. The molecule has 1 aliphatic heterocycles. The molecule has 1 fully saturated rings. The van der Waals surface area contributed by atoms with Gasteiger partial charge < -0.3 is 9.64 Å². The quantitative estimate of drug-likeness (QED) is 0.836. The second kappa shape index (κ2) is 6.01. The fourth-order valence-electron chi connectivity index (χ4n) is 2.19. The average Bonchev–Trinajstić information content (AvgIpc) is 2.41. The Hall–Kier alpha value is -1.63. The van der Waals surface area contributed by atoms with Gasteiger partial charge in [-0.05, 0) is 32.9 Å². The maximum Gasteiger partial charge on any atom is 0.276 e. The van der Waals surface area contributed by atoms with Gasteiger partial charge in [0.2, 0.25) is 0 Å². The van der Waals surface area contributed by atoms with Crippen molar-refractivity contribution in [2.75, 3.05) is 18.8 Å². The highest BCUT2D eigenvalue weighted by Gasteiger charge is 2.33. The van der Waals surface area contributed by atoms with Gasteiger partial charge in [0.15, 0.2) is 21.3 Å². The number of hydrogen-bond acceptors (Lipinski definition) is 5. The second-order valence-electron chi connectivity index (χ2n) is 5.45. The Balaban J connectivity index is 2.21. The van der Waals surface area contributed by atoms with Gasteiger partial charge in [-0.1, -0.05) is 0 Å². The molecular formula is C14H20N2O4S. The zero-order valence-corrected chi connectivity index (χ0v) is 13.3. The third-order valence-electron chi connectivity index (χ3n) is 3.36.